The van der Waals surface area contributed by atoms with E-state index in [2.05, 4.69) is 5.32 Å². The highest BCUT2D eigenvalue weighted by Gasteiger charge is 2.28. The number of halogens is 1. The lowest BCUT2D eigenvalue weighted by Crippen LogP contribution is -2.46. The van der Waals surface area contributed by atoms with Gasteiger partial charge in [-0.2, -0.15) is 0 Å². The number of rotatable bonds is 7. The number of amides is 2. The van der Waals surface area contributed by atoms with Gasteiger partial charge in [0, 0.05) is 0 Å². The fourth-order valence-corrected chi connectivity index (χ4v) is 3.66. The molecule has 2 amide bonds. The quantitative estimate of drug-likeness (QED) is 0.616. The highest BCUT2D eigenvalue weighted by atomic mass is 19.1. The van der Waals surface area contributed by atoms with Crippen LogP contribution in [0.5, 0.6) is 11.5 Å². The van der Waals surface area contributed by atoms with Crippen molar-refractivity contribution in [3.8, 4) is 11.5 Å². The number of methoxy groups -OCH3 is 1. The number of para-hydroxylation sites is 2. The van der Waals surface area contributed by atoms with Gasteiger partial charge in [-0.15, -0.1) is 0 Å². The lowest BCUT2D eigenvalue weighted by Gasteiger charge is -2.29. The summed E-state index contributed by atoms with van der Waals surface area (Å²) in [4.78, 5) is 26.8. The van der Waals surface area contributed by atoms with Crippen LogP contribution in [0.3, 0.4) is 0 Å². The summed E-state index contributed by atoms with van der Waals surface area (Å²) in [7, 11) is 1.59. The SMILES string of the molecule is COc1ccc(C(Cc2ccc(F)cc2)NC(=O)CN2C(=O)COc3ccccc32)cc1. The molecular weight excluding hydrogens is 411 g/mol. The summed E-state index contributed by atoms with van der Waals surface area (Å²) < 4.78 is 24.0. The second-order valence-corrected chi connectivity index (χ2v) is 7.46. The molecule has 0 aliphatic carbocycles. The van der Waals surface area contributed by atoms with E-state index in [1.807, 2.05) is 30.3 Å². The molecule has 164 valence electrons. The predicted molar refractivity (Wildman–Crippen MR) is 118 cm³/mol. The maximum absolute atomic E-state index is 13.3. The average molecular weight is 434 g/mol. The Morgan fingerprint density at radius 2 is 1.81 bits per heavy atom. The first-order valence-electron chi connectivity index (χ1n) is 10.2. The maximum Gasteiger partial charge on any atom is 0.265 e. The second kappa shape index (κ2) is 9.51. The average Bonchev–Trinajstić information content (AvgIpc) is 2.82. The molecule has 4 rings (SSSR count). The van der Waals surface area contributed by atoms with Crippen molar-refractivity contribution < 1.29 is 23.5 Å². The molecule has 32 heavy (non-hydrogen) atoms. The Bertz CT molecular complexity index is 1100. The van der Waals surface area contributed by atoms with Gasteiger partial charge < -0.3 is 14.8 Å². The Hall–Kier alpha value is -3.87. The molecule has 1 N–H and O–H groups in total. The number of nitrogens with one attached hydrogen (secondary N) is 1. The van der Waals surface area contributed by atoms with Crippen molar-refractivity contribution in [2.24, 2.45) is 0 Å². The van der Waals surface area contributed by atoms with Crippen LogP contribution in [0.25, 0.3) is 0 Å². The molecule has 0 fully saturated rings. The first-order chi connectivity index (χ1) is 15.5. The summed E-state index contributed by atoms with van der Waals surface area (Å²) in [6.07, 6.45) is 0.464. The highest BCUT2D eigenvalue weighted by Crippen LogP contribution is 2.31. The fraction of sp³-hybridized carbons (Fsp3) is 0.200. The largest absolute Gasteiger partial charge is 0.497 e. The van der Waals surface area contributed by atoms with Crippen LogP contribution in [0, 0.1) is 5.82 Å². The van der Waals surface area contributed by atoms with Crippen molar-refractivity contribution in [2.45, 2.75) is 12.5 Å². The third-order valence-corrected chi connectivity index (χ3v) is 5.32. The molecule has 1 atom stereocenters. The minimum Gasteiger partial charge on any atom is -0.497 e. The van der Waals surface area contributed by atoms with Crippen LogP contribution in [0.4, 0.5) is 10.1 Å². The van der Waals surface area contributed by atoms with E-state index in [0.29, 0.717) is 23.6 Å². The highest BCUT2D eigenvalue weighted by molar-refractivity contribution is 6.02. The number of fused-ring (bicyclic) bond motifs is 1. The lowest BCUT2D eigenvalue weighted by molar-refractivity contribution is -0.125. The molecule has 0 aromatic heterocycles. The Labute approximate surface area is 185 Å². The van der Waals surface area contributed by atoms with Crippen LogP contribution >= 0.6 is 0 Å². The van der Waals surface area contributed by atoms with Gasteiger partial charge in [-0.1, -0.05) is 36.4 Å². The zero-order chi connectivity index (χ0) is 22.5. The van der Waals surface area contributed by atoms with E-state index in [4.69, 9.17) is 9.47 Å². The third kappa shape index (κ3) is 4.88. The molecule has 1 aliphatic heterocycles. The van der Waals surface area contributed by atoms with Crippen molar-refractivity contribution in [1.82, 2.24) is 5.32 Å². The van der Waals surface area contributed by atoms with Gasteiger partial charge in [-0.25, -0.2) is 4.39 Å². The minimum absolute atomic E-state index is 0.109. The van der Waals surface area contributed by atoms with Gasteiger partial charge in [0.1, 0.15) is 23.9 Å². The normalized spacial score (nSPS) is 13.7. The Balaban J connectivity index is 1.54. The number of carbonyl (C=O) groups excluding carboxylic acids is 2. The Kier molecular flexibility index (Phi) is 6.35. The Morgan fingerprint density at radius 3 is 2.53 bits per heavy atom. The number of ether oxygens (including phenoxy) is 2. The zero-order valence-electron chi connectivity index (χ0n) is 17.6. The van der Waals surface area contributed by atoms with Gasteiger partial charge in [0.25, 0.3) is 5.91 Å². The van der Waals surface area contributed by atoms with Crippen molar-refractivity contribution >= 4 is 17.5 Å². The molecule has 1 aliphatic rings. The second-order valence-electron chi connectivity index (χ2n) is 7.46. The number of hydrogen-bond donors (Lipinski definition) is 1. The van der Waals surface area contributed by atoms with E-state index in [1.54, 1.807) is 37.4 Å². The van der Waals surface area contributed by atoms with Gasteiger partial charge in [-0.3, -0.25) is 14.5 Å². The van der Waals surface area contributed by atoms with Crippen molar-refractivity contribution in [1.29, 1.82) is 0 Å². The molecule has 1 unspecified atom stereocenters. The molecule has 3 aromatic rings. The smallest absolute Gasteiger partial charge is 0.265 e. The first-order valence-corrected chi connectivity index (χ1v) is 10.2. The van der Waals surface area contributed by atoms with Gasteiger partial charge >= 0.3 is 0 Å². The molecule has 0 bridgehead atoms. The summed E-state index contributed by atoms with van der Waals surface area (Å²) >= 11 is 0. The van der Waals surface area contributed by atoms with Gasteiger partial charge in [0.15, 0.2) is 6.61 Å². The number of hydrogen-bond acceptors (Lipinski definition) is 4. The van der Waals surface area contributed by atoms with Crippen molar-refractivity contribution in [3.05, 3.63) is 89.7 Å². The predicted octanol–water partition coefficient (Wildman–Crippen LogP) is 3.66. The van der Waals surface area contributed by atoms with Gasteiger partial charge in [0.2, 0.25) is 5.91 Å². The summed E-state index contributed by atoms with van der Waals surface area (Å²) in [6.45, 7) is -0.239. The van der Waals surface area contributed by atoms with Crippen molar-refractivity contribution in [2.75, 3.05) is 25.2 Å². The molecule has 7 heteroatoms. The van der Waals surface area contributed by atoms with E-state index in [0.717, 1.165) is 11.1 Å². The van der Waals surface area contributed by atoms with E-state index < -0.39 is 0 Å². The zero-order valence-corrected chi connectivity index (χ0v) is 17.6. The van der Waals surface area contributed by atoms with Gasteiger partial charge in [-0.05, 0) is 53.9 Å². The molecule has 1 heterocycles. The van der Waals surface area contributed by atoms with Crippen LogP contribution in [0.1, 0.15) is 17.2 Å². The van der Waals surface area contributed by atoms with E-state index >= 15 is 0 Å². The molecule has 3 aromatic carbocycles. The van der Waals surface area contributed by atoms with Crippen LogP contribution in [0.2, 0.25) is 0 Å². The number of carbonyl (C=O) groups is 2. The minimum atomic E-state index is -0.370. The molecule has 0 saturated carbocycles. The number of anilines is 1. The Morgan fingerprint density at radius 1 is 1.09 bits per heavy atom. The van der Waals surface area contributed by atoms with Crippen LogP contribution in [-0.4, -0.2) is 32.1 Å². The lowest BCUT2D eigenvalue weighted by atomic mass is 9.98. The molecule has 0 spiro atoms. The van der Waals surface area contributed by atoms with Gasteiger partial charge in [0.05, 0.1) is 18.8 Å². The molecule has 0 radical (unpaired) electrons. The molecule has 6 nitrogen and oxygen atoms in total. The number of benzene rings is 3. The molecule has 0 saturated heterocycles. The monoisotopic (exact) mass is 434 g/mol. The van der Waals surface area contributed by atoms with E-state index in [9.17, 15) is 14.0 Å². The standard InChI is InChI=1S/C25H23FN2O4/c1-31-20-12-8-18(9-13-20)21(14-17-6-10-19(26)11-7-17)27-24(29)15-28-22-4-2-3-5-23(22)32-16-25(28)30/h2-13,21H,14-16H2,1H3,(H,27,29). The van der Waals surface area contributed by atoms with E-state index in [1.165, 1.54) is 17.0 Å². The maximum atomic E-state index is 13.3. The summed E-state index contributed by atoms with van der Waals surface area (Å²) in [5.41, 5.74) is 2.32. The topological polar surface area (TPSA) is 67.9 Å². The number of nitrogens with zero attached hydrogens (tertiary/aromatic N) is 1. The van der Waals surface area contributed by atoms with Crippen LogP contribution in [-0.2, 0) is 16.0 Å². The summed E-state index contributed by atoms with van der Waals surface area (Å²) in [5.74, 6) is 0.369. The van der Waals surface area contributed by atoms with E-state index in [-0.39, 0.29) is 36.8 Å². The van der Waals surface area contributed by atoms with Crippen molar-refractivity contribution in [3.63, 3.8) is 0 Å². The fourth-order valence-electron chi connectivity index (χ4n) is 3.66. The first kappa shape index (κ1) is 21.4. The summed E-state index contributed by atoms with van der Waals surface area (Å²) in [6, 6.07) is 20.3. The van der Waals surface area contributed by atoms with Crippen LogP contribution in [0.15, 0.2) is 72.8 Å². The van der Waals surface area contributed by atoms with Crippen LogP contribution < -0.4 is 19.7 Å². The summed E-state index contributed by atoms with van der Waals surface area (Å²) in [5, 5.41) is 3.02. The third-order valence-electron chi connectivity index (χ3n) is 5.32. The molecular formula is C25H23FN2O4.